The largest absolute Gasteiger partial charge is 0.396 e. The minimum Gasteiger partial charge on any atom is -0.396 e. The molecule has 0 aliphatic rings. The highest BCUT2D eigenvalue weighted by molar-refractivity contribution is 5.59. The number of aliphatic hydroxyl groups is 1. The van der Waals surface area contributed by atoms with Crippen molar-refractivity contribution in [3.8, 4) is 0 Å². The molecule has 0 fully saturated rings. The van der Waals surface area contributed by atoms with Gasteiger partial charge in [-0.3, -0.25) is 10.1 Å². The van der Waals surface area contributed by atoms with Crippen LogP contribution in [-0.2, 0) is 0 Å². The van der Waals surface area contributed by atoms with Crippen LogP contribution in [0.25, 0.3) is 0 Å². The van der Waals surface area contributed by atoms with Gasteiger partial charge in [0.2, 0.25) is 5.82 Å². The summed E-state index contributed by atoms with van der Waals surface area (Å²) < 4.78 is 0. The first kappa shape index (κ1) is 13.2. The van der Waals surface area contributed by atoms with Gasteiger partial charge in [-0.2, -0.15) is 0 Å². The van der Waals surface area contributed by atoms with Crippen molar-refractivity contribution in [1.29, 1.82) is 0 Å². The Morgan fingerprint density at radius 3 is 2.94 bits per heavy atom. The lowest BCUT2D eigenvalue weighted by Crippen LogP contribution is -2.14. The summed E-state index contributed by atoms with van der Waals surface area (Å²) in [7, 11) is 0. The molecule has 0 saturated heterocycles. The summed E-state index contributed by atoms with van der Waals surface area (Å²) in [6, 6.07) is 2.71. The molecule has 0 spiro atoms. The van der Waals surface area contributed by atoms with Gasteiger partial charge < -0.3 is 16.2 Å². The van der Waals surface area contributed by atoms with Crippen LogP contribution in [0.1, 0.15) is 13.3 Å². The monoisotopic (exact) mass is 240 g/mol. The Hall–Kier alpha value is -1.89. The van der Waals surface area contributed by atoms with Crippen molar-refractivity contribution in [2.24, 2.45) is 5.92 Å². The molecule has 1 atom stereocenters. The summed E-state index contributed by atoms with van der Waals surface area (Å²) in [6.07, 6.45) is 0.628. The molecule has 7 nitrogen and oxygen atoms in total. The van der Waals surface area contributed by atoms with E-state index in [9.17, 15) is 10.1 Å². The molecule has 1 aromatic rings. The molecule has 1 aromatic heterocycles. The van der Waals surface area contributed by atoms with Gasteiger partial charge in [0.25, 0.3) is 0 Å². The summed E-state index contributed by atoms with van der Waals surface area (Å²) in [4.78, 5) is 14.1. The molecule has 17 heavy (non-hydrogen) atoms. The van der Waals surface area contributed by atoms with E-state index in [0.717, 1.165) is 0 Å². The predicted molar refractivity (Wildman–Crippen MR) is 64.7 cm³/mol. The van der Waals surface area contributed by atoms with Gasteiger partial charge >= 0.3 is 5.69 Å². The molecule has 1 rings (SSSR count). The van der Waals surface area contributed by atoms with E-state index >= 15 is 0 Å². The van der Waals surface area contributed by atoms with E-state index in [1.54, 1.807) is 0 Å². The van der Waals surface area contributed by atoms with Crippen LogP contribution >= 0.6 is 0 Å². The second-order valence-corrected chi connectivity index (χ2v) is 3.86. The molecule has 1 unspecified atom stereocenters. The molecule has 0 aliphatic carbocycles. The Morgan fingerprint density at radius 2 is 2.35 bits per heavy atom. The van der Waals surface area contributed by atoms with Crippen molar-refractivity contribution >= 4 is 17.3 Å². The van der Waals surface area contributed by atoms with Gasteiger partial charge in [-0.1, -0.05) is 6.92 Å². The number of nitrogens with one attached hydrogen (secondary N) is 1. The number of aliphatic hydroxyl groups excluding tert-OH is 1. The molecule has 0 saturated carbocycles. The van der Waals surface area contributed by atoms with Crippen LogP contribution in [0.15, 0.2) is 12.1 Å². The summed E-state index contributed by atoms with van der Waals surface area (Å²) in [5.41, 5.74) is 5.38. The van der Waals surface area contributed by atoms with Crippen molar-refractivity contribution < 1.29 is 10.0 Å². The smallest absolute Gasteiger partial charge is 0.311 e. The van der Waals surface area contributed by atoms with E-state index < -0.39 is 4.92 Å². The number of nitrogen functional groups attached to an aromatic ring is 1. The molecular formula is C10H16N4O3. The average molecular weight is 240 g/mol. The number of pyridine rings is 1. The number of rotatable bonds is 6. The van der Waals surface area contributed by atoms with Crippen LogP contribution in [0.5, 0.6) is 0 Å². The van der Waals surface area contributed by atoms with Gasteiger partial charge in [-0.05, 0) is 18.4 Å². The fourth-order valence-corrected chi connectivity index (χ4v) is 1.34. The fourth-order valence-electron chi connectivity index (χ4n) is 1.34. The quantitative estimate of drug-likeness (QED) is 0.505. The Labute approximate surface area is 98.8 Å². The Kier molecular flexibility index (Phi) is 4.65. The highest BCUT2D eigenvalue weighted by Crippen LogP contribution is 2.23. The van der Waals surface area contributed by atoms with Crippen molar-refractivity contribution in [2.45, 2.75) is 13.3 Å². The van der Waals surface area contributed by atoms with E-state index in [1.165, 1.54) is 12.1 Å². The maximum atomic E-state index is 10.7. The van der Waals surface area contributed by atoms with E-state index in [2.05, 4.69) is 10.3 Å². The maximum absolute atomic E-state index is 10.7. The topological polar surface area (TPSA) is 114 Å². The highest BCUT2D eigenvalue weighted by atomic mass is 16.6. The molecule has 0 radical (unpaired) electrons. The standard InChI is InChI=1S/C10H16N4O3/c1-7(4-5-15)6-12-10-8(14(16)17)2-3-9(11)13-10/h2-3,7,15H,4-6H2,1H3,(H3,11,12,13). The lowest BCUT2D eigenvalue weighted by atomic mass is 10.1. The van der Waals surface area contributed by atoms with Crippen molar-refractivity contribution in [3.05, 3.63) is 22.2 Å². The summed E-state index contributed by atoms with van der Waals surface area (Å²) in [5.74, 6) is 0.593. The van der Waals surface area contributed by atoms with Gasteiger partial charge in [0.05, 0.1) is 4.92 Å². The van der Waals surface area contributed by atoms with Gasteiger partial charge in [0.1, 0.15) is 5.82 Å². The van der Waals surface area contributed by atoms with Gasteiger partial charge in [-0.15, -0.1) is 0 Å². The lowest BCUT2D eigenvalue weighted by Gasteiger charge is -2.11. The zero-order chi connectivity index (χ0) is 12.8. The molecule has 4 N–H and O–H groups in total. The molecular weight excluding hydrogens is 224 g/mol. The Balaban J connectivity index is 2.75. The van der Waals surface area contributed by atoms with Crippen LogP contribution in [0.4, 0.5) is 17.3 Å². The molecule has 0 aliphatic heterocycles. The van der Waals surface area contributed by atoms with Crippen LogP contribution in [0.2, 0.25) is 0 Å². The molecule has 94 valence electrons. The average Bonchev–Trinajstić information content (AvgIpc) is 2.26. The van der Waals surface area contributed by atoms with Crippen LogP contribution < -0.4 is 11.1 Å². The van der Waals surface area contributed by atoms with Gasteiger partial charge in [0.15, 0.2) is 0 Å². The van der Waals surface area contributed by atoms with Crippen molar-refractivity contribution in [3.63, 3.8) is 0 Å². The third kappa shape index (κ3) is 3.87. The minimum atomic E-state index is -0.508. The summed E-state index contributed by atoms with van der Waals surface area (Å²) in [6.45, 7) is 2.52. The van der Waals surface area contributed by atoms with Crippen LogP contribution in [0.3, 0.4) is 0 Å². The van der Waals surface area contributed by atoms with Crippen molar-refractivity contribution in [2.75, 3.05) is 24.2 Å². The number of hydrogen-bond donors (Lipinski definition) is 3. The predicted octanol–water partition coefficient (Wildman–Crippen LogP) is 1.00. The van der Waals surface area contributed by atoms with E-state index in [4.69, 9.17) is 10.8 Å². The first-order valence-corrected chi connectivity index (χ1v) is 5.30. The minimum absolute atomic E-state index is 0.0926. The zero-order valence-electron chi connectivity index (χ0n) is 9.59. The zero-order valence-corrected chi connectivity index (χ0v) is 9.59. The van der Waals surface area contributed by atoms with Gasteiger partial charge in [0, 0.05) is 19.2 Å². The summed E-state index contributed by atoms with van der Waals surface area (Å²) in [5, 5.41) is 22.4. The number of hydrogen-bond acceptors (Lipinski definition) is 6. The number of aromatic nitrogens is 1. The maximum Gasteiger partial charge on any atom is 0.311 e. The molecule has 7 heteroatoms. The number of nitrogens with zero attached hydrogens (tertiary/aromatic N) is 2. The van der Waals surface area contributed by atoms with Crippen LogP contribution in [0, 0.1) is 16.0 Å². The second-order valence-electron chi connectivity index (χ2n) is 3.86. The normalized spacial score (nSPS) is 12.1. The van der Waals surface area contributed by atoms with E-state index in [1.807, 2.05) is 6.92 Å². The summed E-state index contributed by atoms with van der Waals surface area (Å²) >= 11 is 0. The van der Waals surface area contributed by atoms with E-state index in [0.29, 0.717) is 13.0 Å². The van der Waals surface area contributed by atoms with E-state index in [-0.39, 0.29) is 29.8 Å². The highest BCUT2D eigenvalue weighted by Gasteiger charge is 2.15. The number of nitrogens with two attached hydrogens (primary N) is 1. The second kappa shape index (κ2) is 6.00. The SMILES string of the molecule is CC(CCO)CNc1nc(N)ccc1[N+](=O)[O-]. The number of nitro groups is 1. The van der Waals surface area contributed by atoms with Crippen LogP contribution in [-0.4, -0.2) is 28.2 Å². The number of anilines is 2. The first-order chi connectivity index (χ1) is 8.04. The lowest BCUT2D eigenvalue weighted by molar-refractivity contribution is -0.384. The Morgan fingerprint density at radius 1 is 1.65 bits per heavy atom. The van der Waals surface area contributed by atoms with Gasteiger partial charge in [-0.25, -0.2) is 4.98 Å². The molecule has 0 amide bonds. The Bertz CT molecular complexity index is 397. The van der Waals surface area contributed by atoms with Crippen molar-refractivity contribution in [1.82, 2.24) is 4.98 Å². The first-order valence-electron chi connectivity index (χ1n) is 5.30. The molecule has 0 aromatic carbocycles. The third-order valence-electron chi connectivity index (χ3n) is 2.33. The molecule has 0 bridgehead atoms. The fraction of sp³-hybridized carbons (Fsp3) is 0.500. The third-order valence-corrected chi connectivity index (χ3v) is 2.33. The molecule has 1 heterocycles.